The second-order valence-corrected chi connectivity index (χ2v) is 9.83. The standard InChI is InChI=1S/C18H19BN3O4P/c1-11-15-8-12(4-6-14(15)18(20)22-21-11)16-9-13(19(24)26-10-23)5-7-17(16)27(2,3)25/h4-10,24H,1-3H3,(H2,20,22). The van der Waals surface area contributed by atoms with Crippen molar-refractivity contribution >= 4 is 48.1 Å². The average Bonchev–Trinajstić information content (AvgIpc) is 2.63. The summed E-state index contributed by atoms with van der Waals surface area (Å²) in [6.45, 7) is 5.38. The smallest absolute Gasteiger partial charge is 0.508 e. The van der Waals surface area contributed by atoms with E-state index in [1.54, 1.807) is 31.5 Å². The summed E-state index contributed by atoms with van der Waals surface area (Å²) in [5.74, 6) is 0.336. The first kappa shape index (κ1) is 19.1. The van der Waals surface area contributed by atoms with Crippen LogP contribution >= 0.6 is 7.14 Å². The van der Waals surface area contributed by atoms with Gasteiger partial charge in [-0.1, -0.05) is 24.3 Å². The minimum absolute atomic E-state index is 0.184. The molecular weight excluding hydrogens is 364 g/mol. The molecule has 0 radical (unpaired) electrons. The van der Waals surface area contributed by atoms with Crippen LogP contribution in [0.25, 0.3) is 21.9 Å². The van der Waals surface area contributed by atoms with Crippen LogP contribution in [0.2, 0.25) is 0 Å². The number of nitrogens with two attached hydrogens (primary N) is 1. The van der Waals surface area contributed by atoms with Crippen molar-refractivity contribution in [2.75, 3.05) is 19.1 Å². The van der Waals surface area contributed by atoms with E-state index in [-0.39, 0.29) is 6.47 Å². The monoisotopic (exact) mass is 383 g/mol. The number of rotatable bonds is 5. The fourth-order valence-electron chi connectivity index (χ4n) is 3.01. The lowest BCUT2D eigenvalue weighted by molar-refractivity contribution is -0.121. The first-order valence-corrected chi connectivity index (χ1v) is 10.8. The molecule has 1 heterocycles. The molecule has 7 nitrogen and oxygen atoms in total. The number of fused-ring (bicyclic) bond motifs is 1. The zero-order valence-electron chi connectivity index (χ0n) is 15.2. The van der Waals surface area contributed by atoms with Crippen LogP contribution < -0.4 is 16.5 Å². The van der Waals surface area contributed by atoms with Crippen LogP contribution in [0.15, 0.2) is 36.4 Å². The van der Waals surface area contributed by atoms with Crippen LogP contribution in [0.5, 0.6) is 0 Å². The van der Waals surface area contributed by atoms with Gasteiger partial charge in [-0.15, -0.1) is 5.10 Å². The summed E-state index contributed by atoms with van der Waals surface area (Å²) in [6, 6.07) is 10.6. The van der Waals surface area contributed by atoms with E-state index in [1.807, 2.05) is 25.1 Å². The van der Waals surface area contributed by atoms with Crippen LogP contribution in [0, 0.1) is 6.92 Å². The van der Waals surface area contributed by atoms with E-state index in [2.05, 4.69) is 14.9 Å². The number of hydrogen-bond donors (Lipinski definition) is 2. The topological polar surface area (TPSA) is 115 Å². The summed E-state index contributed by atoms with van der Waals surface area (Å²) < 4.78 is 17.4. The number of benzene rings is 2. The molecule has 0 aliphatic heterocycles. The maximum absolute atomic E-state index is 12.8. The Bertz CT molecular complexity index is 1080. The van der Waals surface area contributed by atoms with Gasteiger partial charge < -0.3 is 20.0 Å². The first-order valence-electron chi connectivity index (χ1n) is 8.22. The molecule has 0 saturated heterocycles. The maximum atomic E-state index is 12.8. The third-order valence-electron chi connectivity index (χ3n) is 4.37. The summed E-state index contributed by atoms with van der Waals surface area (Å²) in [4.78, 5) is 10.5. The Hall–Kier alpha value is -2.70. The average molecular weight is 383 g/mol. The maximum Gasteiger partial charge on any atom is 0.561 e. The zero-order chi connectivity index (χ0) is 19.8. The Morgan fingerprint density at radius 1 is 1.15 bits per heavy atom. The SMILES string of the molecule is Cc1nnc(N)c2ccc(-c3cc(B(O)OC=O)ccc3P(C)(C)=O)cc12. The van der Waals surface area contributed by atoms with E-state index in [0.717, 1.165) is 22.0 Å². The van der Waals surface area contributed by atoms with Gasteiger partial charge in [-0.2, -0.15) is 5.10 Å². The van der Waals surface area contributed by atoms with Crippen molar-refractivity contribution in [1.29, 1.82) is 0 Å². The number of carbonyl (C=O) groups is 1. The molecule has 1 aromatic heterocycles. The molecule has 0 aliphatic carbocycles. The summed E-state index contributed by atoms with van der Waals surface area (Å²) in [5, 5.41) is 20.2. The predicted octanol–water partition coefficient (Wildman–Crippen LogP) is 1.30. The molecule has 0 aliphatic rings. The fourth-order valence-corrected chi connectivity index (χ4v) is 4.22. The zero-order valence-corrected chi connectivity index (χ0v) is 16.1. The Labute approximate surface area is 157 Å². The minimum Gasteiger partial charge on any atom is -0.508 e. The van der Waals surface area contributed by atoms with E-state index in [4.69, 9.17) is 5.73 Å². The summed E-state index contributed by atoms with van der Waals surface area (Å²) >= 11 is 0. The molecule has 138 valence electrons. The fraction of sp³-hybridized carbons (Fsp3) is 0.167. The number of nitrogen functional groups attached to an aromatic ring is 1. The first-order chi connectivity index (χ1) is 12.7. The molecule has 0 bridgehead atoms. The number of anilines is 1. The van der Waals surface area contributed by atoms with Crippen LogP contribution in [-0.2, 0) is 14.0 Å². The molecule has 2 aromatic carbocycles. The van der Waals surface area contributed by atoms with Crippen molar-refractivity contribution in [2.45, 2.75) is 6.92 Å². The summed E-state index contributed by atoms with van der Waals surface area (Å²) in [6.07, 6.45) is 0. The van der Waals surface area contributed by atoms with Gasteiger partial charge in [-0.25, -0.2) is 0 Å². The highest BCUT2D eigenvalue weighted by Gasteiger charge is 2.23. The quantitative estimate of drug-likeness (QED) is 0.388. The van der Waals surface area contributed by atoms with E-state index in [1.165, 1.54) is 0 Å². The molecule has 3 N–H and O–H groups in total. The largest absolute Gasteiger partial charge is 0.561 e. The summed E-state index contributed by atoms with van der Waals surface area (Å²) in [7, 11) is -4.01. The van der Waals surface area contributed by atoms with E-state index < -0.39 is 14.3 Å². The van der Waals surface area contributed by atoms with Gasteiger partial charge in [0.25, 0.3) is 6.47 Å². The third-order valence-corrected chi connectivity index (χ3v) is 5.92. The second kappa shape index (κ2) is 7.14. The van der Waals surface area contributed by atoms with Crippen molar-refractivity contribution in [3.8, 4) is 11.1 Å². The highest BCUT2D eigenvalue weighted by Crippen LogP contribution is 2.39. The Kier molecular flexibility index (Phi) is 5.04. The van der Waals surface area contributed by atoms with Gasteiger partial charge in [0.15, 0.2) is 5.82 Å². The highest BCUT2D eigenvalue weighted by atomic mass is 31.2. The molecule has 0 fully saturated rings. The minimum atomic E-state index is -2.61. The molecule has 3 aromatic rings. The van der Waals surface area contributed by atoms with Crippen LogP contribution in [0.4, 0.5) is 5.82 Å². The van der Waals surface area contributed by atoms with Crippen molar-refractivity contribution in [1.82, 2.24) is 10.2 Å². The number of carbonyl (C=O) groups excluding carboxylic acids is 1. The highest BCUT2D eigenvalue weighted by molar-refractivity contribution is 7.70. The van der Waals surface area contributed by atoms with Gasteiger partial charge in [-0.3, -0.25) is 4.79 Å². The lowest BCUT2D eigenvalue weighted by Crippen LogP contribution is -2.34. The van der Waals surface area contributed by atoms with Crippen LogP contribution in [-0.4, -0.2) is 42.1 Å². The normalized spacial score (nSPS) is 11.4. The van der Waals surface area contributed by atoms with E-state index in [0.29, 0.717) is 22.1 Å². The molecule has 0 unspecified atom stereocenters. The Morgan fingerprint density at radius 3 is 2.56 bits per heavy atom. The van der Waals surface area contributed by atoms with Gasteiger partial charge in [0.2, 0.25) is 0 Å². The number of aryl methyl sites for hydroxylation is 1. The van der Waals surface area contributed by atoms with Gasteiger partial charge in [0.05, 0.1) is 5.69 Å². The molecule has 0 spiro atoms. The van der Waals surface area contributed by atoms with Gasteiger partial charge in [0, 0.05) is 16.1 Å². The molecule has 0 amide bonds. The molecular formula is C18H19BN3O4P. The Morgan fingerprint density at radius 2 is 1.89 bits per heavy atom. The molecule has 0 saturated carbocycles. The lowest BCUT2D eigenvalue weighted by atomic mass is 9.78. The third kappa shape index (κ3) is 3.72. The van der Waals surface area contributed by atoms with Crippen molar-refractivity contribution < 1.29 is 19.0 Å². The van der Waals surface area contributed by atoms with Crippen molar-refractivity contribution in [3.63, 3.8) is 0 Å². The van der Waals surface area contributed by atoms with Crippen molar-refractivity contribution in [2.24, 2.45) is 0 Å². The van der Waals surface area contributed by atoms with Gasteiger partial charge in [0.1, 0.15) is 7.14 Å². The van der Waals surface area contributed by atoms with Gasteiger partial charge in [-0.05, 0) is 49.0 Å². The van der Waals surface area contributed by atoms with Crippen LogP contribution in [0.1, 0.15) is 5.69 Å². The van der Waals surface area contributed by atoms with Crippen LogP contribution in [0.3, 0.4) is 0 Å². The number of nitrogens with zero attached hydrogens (tertiary/aromatic N) is 2. The predicted molar refractivity (Wildman–Crippen MR) is 108 cm³/mol. The van der Waals surface area contributed by atoms with Crippen molar-refractivity contribution in [3.05, 3.63) is 42.1 Å². The second-order valence-electron chi connectivity index (χ2n) is 6.64. The molecule has 27 heavy (non-hydrogen) atoms. The molecule has 0 atom stereocenters. The lowest BCUT2D eigenvalue weighted by Gasteiger charge is -2.17. The van der Waals surface area contributed by atoms with E-state index in [9.17, 15) is 14.4 Å². The Balaban J connectivity index is 2.26. The van der Waals surface area contributed by atoms with E-state index >= 15 is 0 Å². The number of aromatic nitrogens is 2. The molecule has 3 rings (SSSR count). The van der Waals surface area contributed by atoms with Gasteiger partial charge >= 0.3 is 7.12 Å². The number of hydrogen-bond acceptors (Lipinski definition) is 7. The summed E-state index contributed by atoms with van der Waals surface area (Å²) in [5.41, 5.74) is 8.49. The molecule has 9 heteroatoms.